The topological polar surface area (TPSA) is 107 Å². The molecular formula is C41H55N3O6S. The van der Waals surface area contributed by atoms with Crippen molar-refractivity contribution in [1.82, 2.24) is 15.2 Å². The molecule has 1 saturated carbocycles. The van der Waals surface area contributed by atoms with E-state index in [9.17, 15) is 14.4 Å². The van der Waals surface area contributed by atoms with Crippen LogP contribution in [0.25, 0.3) is 10.4 Å². The van der Waals surface area contributed by atoms with E-state index in [1.807, 2.05) is 68.7 Å². The van der Waals surface area contributed by atoms with Gasteiger partial charge in [-0.05, 0) is 55.4 Å². The largest absolute Gasteiger partial charge is 0.491 e. The van der Waals surface area contributed by atoms with E-state index >= 15 is 0 Å². The second kappa shape index (κ2) is 19.3. The molecule has 3 aromatic rings. The van der Waals surface area contributed by atoms with Gasteiger partial charge >= 0.3 is 0 Å². The van der Waals surface area contributed by atoms with Crippen LogP contribution in [0, 0.1) is 24.7 Å². The summed E-state index contributed by atoms with van der Waals surface area (Å²) in [6.45, 7) is 11.5. The summed E-state index contributed by atoms with van der Waals surface area (Å²) in [6, 6.07) is 13.0. The van der Waals surface area contributed by atoms with Crippen molar-refractivity contribution >= 4 is 28.9 Å². The van der Waals surface area contributed by atoms with Gasteiger partial charge in [-0.1, -0.05) is 83.2 Å². The quantitative estimate of drug-likeness (QED) is 0.112. The Kier molecular flexibility index (Phi) is 14.6. The first kappa shape index (κ1) is 38.6. The molecule has 2 heterocycles. The van der Waals surface area contributed by atoms with Gasteiger partial charge in [-0.25, -0.2) is 4.98 Å². The summed E-state index contributed by atoms with van der Waals surface area (Å²) >= 11 is 1.58. The molecule has 0 bridgehead atoms. The highest BCUT2D eigenvalue weighted by Crippen LogP contribution is 2.38. The number of ether oxygens (including phenoxy) is 3. The lowest BCUT2D eigenvalue weighted by atomic mass is 9.83. The third-order valence-corrected chi connectivity index (χ3v) is 11.1. The summed E-state index contributed by atoms with van der Waals surface area (Å²) < 4.78 is 17.7. The molecule has 9 nitrogen and oxygen atoms in total. The molecule has 3 atom stereocenters. The average molecular weight is 718 g/mol. The zero-order valence-electron chi connectivity index (χ0n) is 30.8. The number of fused-ring (bicyclic) bond motifs is 1. The van der Waals surface area contributed by atoms with Gasteiger partial charge in [0, 0.05) is 42.7 Å². The van der Waals surface area contributed by atoms with Gasteiger partial charge in [0.05, 0.1) is 41.9 Å². The summed E-state index contributed by atoms with van der Waals surface area (Å²) in [5.41, 5.74) is 6.25. The number of rotatable bonds is 21. The van der Waals surface area contributed by atoms with Crippen molar-refractivity contribution in [3.63, 3.8) is 0 Å². The van der Waals surface area contributed by atoms with Crippen LogP contribution in [0.2, 0.25) is 0 Å². The zero-order valence-corrected chi connectivity index (χ0v) is 31.6. The summed E-state index contributed by atoms with van der Waals surface area (Å²) in [5.74, 6) is -0.498. The van der Waals surface area contributed by atoms with Gasteiger partial charge in [0.15, 0.2) is 5.78 Å². The van der Waals surface area contributed by atoms with Crippen molar-refractivity contribution in [2.45, 2.75) is 98.2 Å². The highest BCUT2D eigenvalue weighted by molar-refractivity contribution is 7.13. The summed E-state index contributed by atoms with van der Waals surface area (Å²) in [7, 11) is 0. The fourth-order valence-electron chi connectivity index (χ4n) is 7.39. The molecule has 2 amide bonds. The fraction of sp³-hybridized carbons (Fsp3) is 0.561. The van der Waals surface area contributed by atoms with E-state index in [-0.39, 0.29) is 30.1 Å². The van der Waals surface area contributed by atoms with Crippen LogP contribution < -0.4 is 10.1 Å². The Morgan fingerprint density at radius 1 is 0.961 bits per heavy atom. The molecule has 10 heteroatoms. The lowest BCUT2D eigenvalue weighted by molar-refractivity contribution is -0.136. The number of carbonyl (C=O) groups excluding carboxylic acids is 3. The molecule has 0 radical (unpaired) electrons. The lowest BCUT2D eigenvalue weighted by Crippen LogP contribution is -2.49. The standard InChI is InChI=1S/C41H55N3O6S/c1-5-6-7-8-11-19-48-20-21-49-22-23-50-36-24-30(39-29(4)43-27-51-39)17-18-31(36)25-42-40(46)35-16-12-15-34(35)38(45)37(28(2)3)44-26-32-13-9-10-14-33(32)41(44)47/h9-10,13-14,17-18,24,27-28,34-35,37H,5-8,11-12,15-16,19-23,25-26H2,1-4H3,(H,42,46). The van der Waals surface area contributed by atoms with Crippen LogP contribution in [0.1, 0.15) is 99.3 Å². The van der Waals surface area contributed by atoms with Crippen LogP contribution >= 0.6 is 11.3 Å². The van der Waals surface area contributed by atoms with Crippen molar-refractivity contribution in [2.75, 3.05) is 33.0 Å². The smallest absolute Gasteiger partial charge is 0.255 e. The first-order valence-corrected chi connectivity index (χ1v) is 19.7. The minimum Gasteiger partial charge on any atom is -0.491 e. The number of benzene rings is 2. The Morgan fingerprint density at radius 2 is 1.71 bits per heavy atom. The van der Waals surface area contributed by atoms with Crippen LogP contribution in [0.3, 0.4) is 0 Å². The van der Waals surface area contributed by atoms with Crippen molar-refractivity contribution in [3.8, 4) is 16.2 Å². The van der Waals surface area contributed by atoms with Gasteiger partial charge in [-0.2, -0.15) is 0 Å². The van der Waals surface area contributed by atoms with Crippen molar-refractivity contribution < 1.29 is 28.6 Å². The molecule has 2 aromatic carbocycles. The number of ketones is 1. The SMILES string of the molecule is CCCCCCCOCCOCCOc1cc(-c2scnc2C)ccc1CNC(=O)C1CCCC1C(=O)C(C(C)C)N1Cc2ccccc2C1=O. The maximum absolute atomic E-state index is 14.2. The number of hydrogen-bond acceptors (Lipinski definition) is 8. The molecule has 1 N–H and O–H groups in total. The van der Waals surface area contributed by atoms with Crippen molar-refractivity contribution in [1.29, 1.82) is 0 Å². The molecule has 2 aliphatic rings. The van der Waals surface area contributed by atoms with Crippen LogP contribution in [-0.2, 0) is 32.2 Å². The Hall–Kier alpha value is -3.60. The molecule has 51 heavy (non-hydrogen) atoms. The number of unbranched alkanes of at least 4 members (excludes halogenated alkanes) is 4. The minimum atomic E-state index is -0.574. The predicted octanol–water partition coefficient (Wildman–Crippen LogP) is 7.78. The van der Waals surface area contributed by atoms with E-state index in [1.54, 1.807) is 16.2 Å². The van der Waals surface area contributed by atoms with E-state index in [1.165, 1.54) is 25.7 Å². The number of aromatic nitrogens is 1. The summed E-state index contributed by atoms with van der Waals surface area (Å²) in [4.78, 5) is 48.5. The Balaban J connectivity index is 1.17. The number of aryl methyl sites for hydroxylation is 1. The van der Waals surface area contributed by atoms with Gasteiger partial charge < -0.3 is 24.4 Å². The summed E-state index contributed by atoms with van der Waals surface area (Å²) in [5, 5.41) is 3.13. The average Bonchev–Trinajstić information content (AvgIpc) is 3.87. The van der Waals surface area contributed by atoms with E-state index in [0.29, 0.717) is 57.1 Å². The predicted molar refractivity (Wildman–Crippen MR) is 201 cm³/mol. The monoisotopic (exact) mass is 717 g/mol. The van der Waals surface area contributed by atoms with Crippen molar-refractivity contribution in [3.05, 3.63) is 70.4 Å². The Labute approximate surface area is 307 Å². The van der Waals surface area contributed by atoms with Crippen LogP contribution in [0.15, 0.2) is 48.0 Å². The molecule has 1 aliphatic carbocycles. The second-order valence-electron chi connectivity index (χ2n) is 14.1. The molecule has 0 saturated heterocycles. The van der Waals surface area contributed by atoms with Crippen molar-refractivity contribution in [2.24, 2.45) is 17.8 Å². The first-order valence-electron chi connectivity index (χ1n) is 18.8. The Morgan fingerprint density at radius 3 is 2.45 bits per heavy atom. The number of nitrogens with one attached hydrogen (secondary N) is 1. The first-order chi connectivity index (χ1) is 24.8. The number of thiazole rings is 1. The van der Waals surface area contributed by atoms with Gasteiger partial charge in [0.2, 0.25) is 5.91 Å². The maximum atomic E-state index is 14.2. The maximum Gasteiger partial charge on any atom is 0.255 e. The number of hydrogen-bond donors (Lipinski definition) is 1. The fourth-order valence-corrected chi connectivity index (χ4v) is 8.19. The van der Waals surface area contributed by atoms with Gasteiger partial charge in [0.1, 0.15) is 12.4 Å². The normalized spacial score (nSPS) is 17.6. The molecule has 276 valence electrons. The highest BCUT2D eigenvalue weighted by atomic mass is 32.1. The van der Waals surface area contributed by atoms with E-state index in [0.717, 1.165) is 46.7 Å². The highest BCUT2D eigenvalue weighted by Gasteiger charge is 2.45. The Bertz CT molecular complexity index is 1610. The zero-order chi connectivity index (χ0) is 36.2. The van der Waals surface area contributed by atoms with Crippen LogP contribution in [0.4, 0.5) is 0 Å². The molecule has 0 spiro atoms. The van der Waals surface area contributed by atoms with E-state index in [4.69, 9.17) is 14.2 Å². The number of amides is 2. The van der Waals surface area contributed by atoms with Crippen LogP contribution in [-0.4, -0.2) is 66.6 Å². The van der Waals surface area contributed by atoms with Gasteiger partial charge in [0.25, 0.3) is 5.91 Å². The molecule has 1 aromatic heterocycles. The second-order valence-corrected chi connectivity index (χ2v) is 15.0. The number of carbonyl (C=O) groups is 3. The third kappa shape index (κ3) is 10.1. The van der Waals surface area contributed by atoms with Gasteiger partial charge in [-0.3, -0.25) is 14.4 Å². The molecule has 1 fully saturated rings. The van der Waals surface area contributed by atoms with Gasteiger partial charge in [-0.15, -0.1) is 11.3 Å². The molecular weight excluding hydrogens is 663 g/mol. The molecule has 5 rings (SSSR count). The van der Waals surface area contributed by atoms with E-state index < -0.39 is 17.9 Å². The van der Waals surface area contributed by atoms with Crippen LogP contribution in [0.5, 0.6) is 5.75 Å². The lowest BCUT2D eigenvalue weighted by Gasteiger charge is -2.33. The summed E-state index contributed by atoms with van der Waals surface area (Å²) in [6.07, 6.45) is 8.18. The third-order valence-electron chi connectivity index (χ3n) is 10.1. The minimum absolute atomic E-state index is 0.00511. The number of nitrogens with zero attached hydrogens (tertiary/aromatic N) is 2. The van der Waals surface area contributed by atoms with E-state index in [2.05, 4.69) is 17.2 Å². The number of Topliss-reactive ketones (excluding diaryl/α,β-unsaturated/α-hetero) is 1. The molecule has 3 unspecified atom stereocenters. The molecule has 1 aliphatic heterocycles.